The number of rotatable bonds is 12. The number of amides is 2. The van der Waals surface area contributed by atoms with Crippen LogP contribution in [0.25, 0.3) is 0 Å². The van der Waals surface area contributed by atoms with Crippen LogP contribution in [0.1, 0.15) is 26.3 Å². The first-order chi connectivity index (χ1) is 15.3. The van der Waals surface area contributed by atoms with Gasteiger partial charge in [0.1, 0.15) is 18.2 Å². The first-order valence-corrected chi connectivity index (χ1v) is 10.7. The summed E-state index contributed by atoms with van der Waals surface area (Å²) in [5.74, 6) is -0.647. The standard InChI is InChI=1S/C24H31FN2O5/c1-4-31-22(23(28)29)15-18-9-11-19(12-10-18)32-14-13-27(16-17(2)3)24(30)26-21-8-6-5-7-20(21)25/h5-12,17,22H,4,13-16H2,1-3H3,(H,26,30)(H,28,29). The van der Waals surface area contributed by atoms with Gasteiger partial charge in [-0.25, -0.2) is 14.0 Å². The number of carboxylic acid groups (broad SMARTS) is 1. The van der Waals surface area contributed by atoms with Crippen molar-refractivity contribution in [3.8, 4) is 5.75 Å². The summed E-state index contributed by atoms with van der Waals surface area (Å²) >= 11 is 0. The van der Waals surface area contributed by atoms with Gasteiger partial charge in [0.2, 0.25) is 0 Å². The van der Waals surface area contributed by atoms with Crippen molar-refractivity contribution in [1.82, 2.24) is 4.90 Å². The minimum absolute atomic E-state index is 0.134. The normalized spacial score (nSPS) is 11.8. The van der Waals surface area contributed by atoms with E-state index in [1.165, 1.54) is 12.1 Å². The summed E-state index contributed by atoms with van der Waals surface area (Å²) in [6.45, 7) is 7.16. The fraction of sp³-hybridized carbons (Fsp3) is 0.417. The number of nitrogens with one attached hydrogen (secondary N) is 1. The number of hydrogen-bond donors (Lipinski definition) is 2. The fourth-order valence-corrected chi connectivity index (χ4v) is 3.10. The van der Waals surface area contributed by atoms with E-state index in [9.17, 15) is 19.1 Å². The van der Waals surface area contributed by atoms with Gasteiger partial charge in [0, 0.05) is 19.6 Å². The molecule has 2 aromatic rings. The summed E-state index contributed by atoms with van der Waals surface area (Å²) in [7, 11) is 0. The number of anilines is 1. The van der Waals surface area contributed by atoms with E-state index in [4.69, 9.17) is 9.47 Å². The van der Waals surface area contributed by atoms with Crippen molar-refractivity contribution in [3.63, 3.8) is 0 Å². The van der Waals surface area contributed by atoms with E-state index in [1.807, 2.05) is 13.8 Å². The smallest absolute Gasteiger partial charge is 0.333 e. The highest BCUT2D eigenvalue weighted by molar-refractivity contribution is 5.89. The Morgan fingerprint density at radius 2 is 1.81 bits per heavy atom. The minimum atomic E-state index is -0.994. The molecule has 0 bridgehead atoms. The minimum Gasteiger partial charge on any atom is -0.492 e. The third-order valence-corrected chi connectivity index (χ3v) is 4.61. The largest absolute Gasteiger partial charge is 0.492 e. The third-order valence-electron chi connectivity index (χ3n) is 4.61. The zero-order valence-corrected chi connectivity index (χ0v) is 18.7. The number of halogens is 1. The molecule has 0 heterocycles. The lowest BCUT2D eigenvalue weighted by Gasteiger charge is -2.25. The van der Waals surface area contributed by atoms with E-state index in [0.29, 0.717) is 25.4 Å². The first kappa shape index (κ1) is 25.1. The molecule has 174 valence electrons. The predicted octanol–water partition coefficient (Wildman–Crippen LogP) is 4.43. The van der Waals surface area contributed by atoms with Crippen LogP contribution in [0.15, 0.2) is 48.5 Å². The van der Waals surface area contributed by atoms with Crippen molar-refractivity contribution < 1.29 is 28.6 Å². The molecule has 2 amide bonds. The Morgan fingerprint density at radius 3 is 2.41 bits per heavy atom. The number of urea groups is 1. The van der Waals surface area contributed by atoms with Gasteiger partial charge in [0.25, 0.3) is 0 Å². The van der Waals surface area contributed by atoms with Crippen LogP contribution in [0.4, 0.5) is 14.9 Å². The van der Waals surface area contributed by atoms with Crippen LogP contribution in [0.5, 0.6) is 5.75 Å². The predicted molar refractivity (Wildman–Crippen MR) is 121 cm³/mol. The number of benzene rings is 2. The molecule has 7 nitrogen and oxygen atoms in total. The number of nitrogens with zero attached hydrogens (tertiary/aromatic N) is 1. The number of carbonyl (C=O) groups excluding carboxylic acids is 1. The number of carboxylic acids is 1. The van der Waals surface area contributed by atoms with Crippen molar-refractivity contribution in [2.75, 3.05) is 31.6 Å². The summed E-state index contributed by atoms with van der Waals surface area (Å²) in [5, 5.41) is 11.8. The monoisotopic (exact) mass is 446 g/mol. The quantitative estimate of drug-likeness (QED) is 0.504. The third kappa shape index (κ3) is 8.19. The van der Waals surface area contributed by atoms with Crippen LogP contribution in [-0.2, 0) is 16.0 Å². The molecule has 0 aliphatic carbocycles. The zero-order valence-electron chi connectivity index (χ0n) is 18.7. The van der Waals surface area contributed by atoms with Crippen LogP contribution in [0.3, 0.4) is 0 Å². The van der Waals surface area contributed by atoms with Gasteiger partial charge in [0.15, 0.2) is 6.10 Å². The molecule has 2 N–H and O–H groups in total. The van der Waals surface area contributed by atoms with Gasteiger partial charge >= 0.3 is 12.0 Å². The van der Waals surface area contributed by atoms with E-state index in [2.05, 4.69) is 5.32 Å². The number of ether oxygens (including phenoxy) is 2. The molecule has 32 heavy (non-hydrogen) atoms. The molecular weight excluding hydrogens is 415 g/mol. The molecule has 0 spiro atoms. The summed E-state index contributed by atoms with van der Waals surface area (Å²) in [6, 6.07) is 12.7. The Balaban J connectivity index is 1.91. The van der Waals surface area contributed by atoms with Gasteiger partial charge in [-0.2, -0.15) is 0 Å². The zero-order chi connectivity index (χ0) is 23.5. The highest BCUT2D eigenvalue weighted by Gasteiger charge is 2.18. The molecule has 0 saturated carbocycles. The highest BCUT2D eigenvalue weighted by Crippen LogP contribution is 2.16. The van der Waals surface area contributed by atoms with E-state index in [0.717, 1.165) is 5.56 Å². The molecule has 1 atom stereocenters. The number of hydrogen-bond acceptors (Lipinski definition) is 4. The van der Waals surface area contributed by atoms with Gasteiger partial charge in [-0.3, -0.25) is 0 Å². The average molecular weight is 447 g/mol. The first-order valence-electron chi connectivity index (χ1n) is 10.7. The van der Waals surface area contributed by atoms with Gasteiger partial charge in [-0.1, -0.05) is 38.1 Å². The fourth-order valence-electron chi connectivity index (χ4n) is 3.10. The van der Waals surface area contributed by atoms with Gasteiger partial charge < -0.3 is 24.8 Å². The highest BCUT2D eigenvalue weighted by atomic mass is 19.1. The lowest BCUT2D eigenvalue weighted by molar-refractivity contribution is -0.149. The summed E-state index contributed by atoms with van der Waals surface area (Å²) in [5.41, 5.74) is 0.957. The van der Waals surface area contributed by atoms with Gasteiger partial charge in [-0.05, 0) is 42.7 Å². The van der Waals surface area contributed by atoms with Crippen molar-refractivity contribution in [1.29, 1.82) is 0 Å². The van der Waals surface area contributed by atoms with E-state index in [1.54, 1.807) is 48.2 Å². The molecule has 0 fully saturated rings. The molecular formula is C24H31FN2O5. The molecule has 0 saturated heterocycles. The topological polar surface area (TPSA) is 88.1 Å². The van der Waals surface area contributed by atoms with Crippen LogP contribution in [-0.4, -0.2) is 54.4 Å². The van der Waals surface area contributed by atoms with Crippen LogP contribution >= 0.6 is 0 Å². The molecule has 0 aliphatic heterocycles. The summed E-state index contributed by atoms with van der Waals surface area (Å²) in [6.07, 6.45) is -0.619. The molecule has 0 radical (unpaired) electrons. The second-order valence-corrected chi connectivity index (χ2v) is 7.73. The Bertz CT molecular complexity index is 873. The van der Waals surface area contributed by atoms with Crippen LogP contribution < -0.4 is 10.1 Å². The molecule has 8 heteroatoms. The maximum absolute atomic E-state index is 13.8. The summed E-state index contributed by atoms with van der Waals surface area (Å²) < 4.78 is 24.8. The molecule has 1 unspecified atom stereocenters. The Labute approximate surface area is 188 Å². The van der Waals surface area contributed by atoms with Crippen molar-refractivity contribution in [2.45, 2.75) is 33.3 Å². The summed E-state index contributed by atoms with van der Waals surface area (Å²) in [4.78, 5) is 25.4. The Morgan fingerprint density at radius 1 is 1.12 bits per heavy atom. The van der Waals surface area contributed by atoms with E-state index in [-0.39, 0.29) is 24.6 Å². The van der Waals surface area contributed by atoms with Gasteiger partial charge in [-0.15, -0.1) is 0 Å². The second-order valence-electron chi connectivity index (χ2n) is 7.73. The average Bonchev–Trinajstić information content (AvgIpc) is 2.75. The molecule has 0 aromatic heterocycles. The van der Waals surface area contributed by atoms with Crippen molar-refractivity contribution >= 4 is 17.7 Å². The van der Waals surface area contributed by atoms with Crippen LogP contribution in [0, 0.1) is 11.7 Å². The number of aliphatic carboxylic acids is 1. The molecule has 2 aromatic carbocycles. The number of carbonyl (C=O) groups is 2. The molecule has 0 aliphatic rings. The van der Waals surface area contributed by atoms with Crippen molar-refractivity contribution in [2.24, 2.45) is 5.92 Å². The number of para-hydroxylation sites is 1. The SMILES string of the molecule is CCOC(Cc1ccc(OCCN(CC(C)C)C(=O)Nc2ccccc2F)cc1)C(=O)O. The van der Waals surface area contributed by atoms with Crippen LogP contribution in [0.2, 0.25) is 0 Å². The van der Waals surface area contributed by atoms with E-state index >= 15 is 0 Å². The van der Waals surface area contributed by atoms with Crippen molar-refractivity contribution in [3.05, 3.63) is 59.9 Å². The molecule has 2 rings (SSSR count). The maximum Gasteiger partial charge on any atom is 0.333 e. The van der Waals surface area contributed by atoms with Gasteiger partial charge in [0.05, 0.1) is 12.2 Å². The second kappa shape index (κ2) is 12.7. The Kier molecular flexibility index (Phi) is 9.94. The van der Waals surface area contributed by atoms with E-state index < -0.39 is 23.9 Å². The lowest BCUT2D eigenvalue weighted by Crippen LogP contribution is -2.40. The maximum atomic E-state index is 13.8. The Hall–Kier alpha value is -3.13. The lowest BCUT2D eigenvalue weighted by atomic mass is 10.1.